The van der Waals surface area contributed by atoms with Gasteiger partial charge in [0.05, 0.1) is 6.10 Å². The largest absolute Gasteiger partial charge is 0.479 e. The Morgan fingerprint density at radius 1 is 1.60 bits per heavy atom. The van der Waals surface area contributed by atoms with Crippen LogP contribution in [0.15, 0.2) is 0 Å². The molecule has 0 aromatic carbocycles. The van der Waals surface area contributed by atoms with E-state index in [9.17, 15) is 4.79 Å². The molecule has 0 aromatic rings. The summed E-state index contributed by atoms with van der Waals surface area (Å²) in [4.78, 5) is 10.2. The van der Waals surface area contributed by atoms with Gasteiger partial charge in [0.15, 0.2) is 6.10 Å². The minimum Gasteiger partial charge on any atom is -0.479 e. The van der Waals surface area contributed by atoms with Crippen molar-refractivity contribution in [2.45, 2.75) is 39.4 Å². The Kier molecular flexibility index (Phi) is 4.03. The van der Waals surface area contributed by atoms with Crippen LogP contribution in [0.2, 0.25) is 0 Å². The van der Waals surface area contributed by atoms with Gasteiger partial charge in [-0.2, -0.15) is 0 Å². The lowest BCUT2D eigenvalue weighted by Crippen LogP contribution is -2.24. The van der Waals surface area contributed by atoms with Crippen molar-refractivity contribution in [1.29, 1.82) is 0 Å². The smallest absolute Gasteiger partial charge is 0.332 e. The molecule has 0 heterocycles. The number of aliphatic carboxylic acids is 1. The summed E-state index contributed by atoms with van der Waals surface area (Å²) in [7, 11) is 0. The second-order valence-electron chi connectivity index (χ2n) is 2.34. The second-order valence-corrected chi connectivity index (χ2v) is 2.34. The molecule has 0 rings (SSSR count). The maximum atomic E-state index is 10.2. The number of carbonyl (C=O) groups is 1. The Hall–Kier alpha value is -0.570. The summed E-state index contributed by atoms with van der Waals surface area (Å²) in [6.45, 7) is 5.35. The van der Waals surface area contributed by atoms with E-state index in [0.717, 1.165) is 6.42 Å². The molecule has 0 saturated carbocycles. The number of hydrogen-bond acceptors (Lipinski definition) is 2. The highest BCUT2D eigenvalue weighted by Gasteiger charge is 2.13. The van der Waals surface area contributed by atoms with Crippen molar-refractivity contribution in [3.05, 3.63) is 0 Å². The highest BCUT2D eigenvalue weighted by Crippen LogP contribution is 2.00. The molecular formula is C7H14O3. The van der Waals surface area contributed by atoms with E-state index in [-0.39, 0.29) is 6.10 Å². The Bertz CT molecular complexity index is 111. The summed E-state index contributed by atoms with van der Waals surface area (Å²) < 4.78 is 5.06. The molecule has 0 bridgehead atoms. The van der Waals surface area contributed by atoms with Gasteiger partial charge in [-0.15, -0.1) is 0 Å². The number of ether oxygens (including phenoxy) is 1. The first-order chi connectivity index (χ1) is 4.57. The normalized spacial score (nSPS) is 16.3. The van der Waals surface area contributed by atoms with Crippen molar-refractivity contribution < 1.29 is 14.6 Å². The van der Waals surface area contributed by atoms with E-state index in [1.165, 1.54) is 6.92 Å². The number of carboxylic acids is 1. The van der Waals surface area contributed by atoms with Gasteiger partial charge in [-0.3, -0.25) is 0 Å². The fraction of sp³-hybridized carbons (Fsp3) is 0.857. The Morgan fingerprint density at radius 2 is 2.10 bits per heavy atom. The van der Waals surface area contributed by atoms with Crippen molar-refractivity contribution in [2.75, 3.05) is 0 Å². The van der Waals surface area contributed by atoms with Gasteiger partial charge in [0.1, 0.15) is 0 Å². The van der Waals surface area contributed by atoms with Gasteiger partial charge in [0, 0.05) is 0 Å². The lowest BCUT2D eigenvalue weighted by molar-refractivity contribution is -0.152. The van der Waals surface area contributed by atoms with Crippen LogP contribution in [0.4, 0.5) is 0 Å². The summed E-state index contributed by atoms with van der Waals surface area (Å²) in [5.74, 6) is -0.902. The van der Waals surface area contributed by atoms with Gasteiger partial charge in [-0.1, -0.05) is 6.92 Å². The molecule has 3 nitrogen and oxygen atoms in total. The maximum absolute atomic E-state index is 10.2. The number of hydrogen-bond donors (Lipinski definition) is 1. The monoisotopic (exact) mass is 146 g/mol. The van der Waals surface area contributed by atoms with Crippen LogP contribution in [0.5, 0.6) is 0 Å². The molecule has 0 saturated heterocycles. The number of rotatable bonds is 4. The zero-order chi connectivity index (χ0) is 8.15. The van der Waals surface area contributed by atoms with Crippen LogP contribution in [0.1, 0.15) is 27.2 Å². The van der Waals surface area contributed by atoms with E-state index in [1.54, 1.807) is 0 Å². The third kappa shape index (κ3) is 3.45. The summed E-state index contributed by atoms with van der Waals surface area (Å²) in [5, 5.41) is 8.40. The van der Waals surface area contributed by atoms with Gasteiger partial charge >= 0.3 is 5.97 Å². The molecule has 0 aromatic heterocycles. The van der Waals surface area contributed by atoms with Gasteiger partial charge in [0.25, 0.3) is 0 Å². The Balaban J connectivity index is 3.56. The van der Waals surface area contributed by atoms with E-state index in [1.807, 2.05) is 13.8 Å². The molecule has 10 heavy (non-hydrogen) atoms. The van der Waals surface area contributed by atoms with Gasteiger partial charge < -0.3 is 9.84 Å². The second kappa shape index (κ2) is 4.28. The number of carboxylic acid groups (broad SMARTS) is 1. The topological polar surface area (TPSA) is 46.5 Å². The van der Waals surface area contributed by atoms with Crippen LogP contribution in [0, 0.1) is 0 Å². The molecule has 1 N–H and O–H groups in total. The fourth-order valence-corrected chi connectivity index (χ4v) is 0.503. The average Bonchev–Trinajstić information content (AvgIpc) is 1.87. The minimum atomic E-state index is -0.902. The molecule has 0 radical (unpaired) electrons. The van der Waals surface area contributed by atoms with E-state index in [0.29, 0.717) is 0 Å². The SMILES string of the molecule is CCC(C)O[C@H](C)C(=O)O. The fourth-order valence-electron chi connectivity index (χ4n) is 0.503. The molecule has 3 heteroatoms. The summed E-state index contributed by atoms with van der Waals surface area (Å²) >= 11 is 0. The molecular weight excluding hydrogens is 132 g/mol. The van der Waals surface area contributed by atoms with Gasteiger partial charge in [-0.05, 0) is 20.3 Å². The minimum absolute atomic E-state index is 0.0334. The molecule has 0 aliphatic carbocycles. The zero-order valence-corrected chi connectivity index (χ0v) is 6.63. The van der Waals surface area contributed by atoms with Gasteiger partial charge in [0.2, 0.25) is 0 Å². The molecule has 0 spiro atoms. The first-order valence-electron chi connectivity index (χ1n) is 3.46. The first kappa shape index (κ1) is 9.43. The summed E-state index contributed by atoms with van der Waals surface area (Å²) in [5.41, 5.74) is 0. The van der Waals surface area contributed by atoms with Crippen LogP contribution in [-0.2, 0) is 9.53 Å². The van der Waals surface area contributed by atoms with Crippen molar-refractivity contribution in [1.82, 2.24) is 0 Å². The van der Waals surface area contributed by atoms with Crippen LogP contribution < -0.4 is 0 Å². The third-order valence-electron chi connectivity index (χ3n) is 1.36. The van der Waals surface area contributed by atoms with Crippen LogP contribution in [0.3, 0.4) is 0 Å². The predicted octanol–water partition coefficient (Wildman–Crippen LogP) is 1.27. The molecule has 1 unspecified atom stereocenters. The van der Waals surface area contributed by atoms with Crippen LogP contribution >= 0.6 is 0 Å². The van der Waals surface area contributed by atoms with Crippen molar-refractivity contribution in [3.63, 3.8) is 0 Å². The molecule has 0 aliphatic heterocycles. The Labute approximate surface area is 61.0 Å². The molecule has 0 fully saturated rings. The summed E-state index contributed by atoms with van der Waals surface area (Å²) in [6.07, 6.45) is 0.193. The quantitative estimate of drug-likeness (QED) is 0.649. The lowest BCUT2D eigenvalue weighted by atomic mass is 10.3. The van der Waals surface area contributed by atoms with Crippen LogP contribution in [0.25, 0.3) is 0 Å². The first-order valence-corrected chi connectivity index (χ1v) is 3.46. The molecule has 2 atom stereocenters. The van der Waals surface area contributed by atoms with E-state index in [4.69, 9.17) is 9.84 Å². The van der Waals surface area contributed by atoms with Crippen molar-refractivity contribution >= 4 is 5.97 Å². The standard InChI is InChI=1S/C7H14O3/c1-4-5(2)10-6(3)7(8)9/h5-6H,4H2,1-3H3,(H,8,9)/t5?,6-/m1/s1. The van der Waals surface area contributed by atoms with Gasteiger partial charge in [-0.25, -0.2) is 4.79 Å². The highest BCUT2D eigenvalue weighted by atomic mass is 16.5. The predicted molar refractivity (Wildman–Crippen MR) is 37.9 cm³/mol. The lowest BCUT2D eigenvalue weighted by Gasteiger charge is -2.13. The summed E-state index contributed by atoms with van der Waals surface area (Å²) in [6, 6.07) is 0. The molecule has 0 amide bonds. The molecule has 60 valence electrons. The van der Waals surface area contributed by atoms with Crippen LogP contribution in [-0.4, -0.2) is 23.3 Å². The zero-order valence-electron chi connectivity index (χ0n) is 6.63. The molecule has 0 aliphatic rings. The third-order valence-corrected chi connectivity index (χ3v) is 1.36. The average molecular weight is 146 g/mol. The van der Waals surface area contributed by atoms with E-state index < -0.39 is 12.1 Å². The maximum Gasteiger partial charge on any atom is 0.332 e. The van der Waals surface area contributed by atoms with E-state index in [2.05, 4.69) is 0 Å². The highest BCUT2D eigenvalue weighted by molar-refractivity contribution is 5.71. The van der Waals surface area contributed by atoms with Crippen molar-refractivity contribution in [3.8, 4) is 0 Å². The van der Waals surface area contributed by atoms with Crippen molar-refractivity contribution in [2.24, 2.45) is 0 Å². The Morgan fingerprint density at radius 3 is 2.40 bits per heavy atom. The van der Waals surface area contributed by atoms with E-state index >= 15 is 0 Å².